The van der Waals surface area contributed by atoms with E-state index in [1.165, 1.54) is 25.7 Å². The van der Waals surface area contributed by atoms with Gasteiger partial charge in [0.25, 0.3) is 0 Å². The van der Waals surface area contributed by atoms with E-state index in [-0.39, 0.29) is 18.8 Å². The van der Waals surface area contributed by atoms with Crippen LogP contribution in [0.1, 0.15) is 51.4 Å². The monoisotopic (exact) mass is 256 g/mol. The average Bonchev–Trinajstić information content (AvgIpc) is 2.42. The van der Waals surface area contributed by atoms with E-state index in [2.05, 4.69) is 6.58 Å². The number of aliphatic hydroxyl groups is 1. The van der Waals surface area contributed by atoms with E-state index < -0.39 is 0 Å². The van der Waals surface area contributed by atoms with Gasteiger partial charge in [0.05, 0.1) is 12.7 Å². The normalized spacial score (nSPS) is 24.1. The first-order valence-corrected chi connectivity index (χ1v) is 7.33. The molecule has 18 heavy (non-hydrogen) atoms. The van der Waals surface area contributed by atoms with Gasteiger partial charge in [-0.1, -0.05) is 25.3 Å². The zero-order chi connectivity index (χ0) is 13.1. The predicted octanol–water partition coefficient (Wildman–Crippen LogP) is 3.07. The smallest absolute Gasteiger partial charge is 0.107 e. The van der Waals surface area contributed by atoms with E-state index in [1.807, 2.05) is 6.08 Å². The van der Waals surface area contributed by atoms with Crippen molar-refractivity contribution in [3.63, 3.8) is 0 Å². The Balaban J connectivity index is 1.94. The molecule has 1 rings (SSSR count). The fraction of sp³-hybridized carbons (Fsp3) is 0.867. The molecule has 0 radical (unpaired) electrons. The van der Waals surface area contributed by atoms with Gasteiger partial charge >= 0.3 is 0 Å². The van der Waals surface area contributed by atoms with Gasteiger partial charge in [-0.3, -0.25) is 0 Å². The van der Waals surface area contributed by atoms with Crippen LogP contribution in [0.15, 0.2) is 12.7 Å². The third-order valence-electron chi connectivity index (χ3n) is 3.44. The lowest BCUT2D eigenvalue weighted by atomic mass is 10.1. The number of rotatable bonds is 10. The summed E-state index contributed by atoms with van der Waals surface area (Å²) in [5.74, 6) is 0. The van der Waals surface area contributed by atoms with Crippen molar-refractivity contribution >= 4 is 0 Å². The largest absolute Gasteiger partial charge is 0.394 e. The highest BCUT2D eigenvalue weighted by Gasteiger charge is 2.25. The van der Waals surface area contributed by atoms with Crippen molar-refractivity contribution in [2.45, 2.75) is 63.6 Å². The van der Waals surface area contributed by atoms with Crippen LogP contribution in [0.4, 0.5) is 0 Å². The van der Waals surface area contributed by atoms with Gasteiger partial charge in [0, 0.05) is 13.2 Å². The van der Waals surface area contributed by atoms with Crippen molar-refractivity contribution in [3.05, 3.63) is 12.7 Å². The lowest BCUT2D eigenvalue weighted by molar-refractivity contribution is -0.122. The average molecular weight is 256 g/mol. The zero-order valence-corrected chi connectivity index (χ0v) is 11.5. The number of allylic oxidation sites excluding steroid dienone is 1. The van der Waals surface area contributed by atoms with Gasteiger partial charge in [0.1, 0.15) is 6.10 Å². The van der Waals surface area contributed by atoms with Crippen LogP contribution in [0.3, 0.4) is 0 Å². The minimum atomic E-state index is -0.105. The minimum Gasteiger partial charge on any atom is -0.394 e. The molecule has 1 saturated heterocycles. The Morgan fingerprint density at radius 3 is 2.78 bits per heavy atom. The van der Waals surface area contributed by atoms with E-state index in [9.17, 15) is 5.11 Å². The third-order valence-corrected chi connectivity index (χ3v) is 3.44. The van der Waals surface area contributed by atoms with Crippen molar-refractivity contribution in [1.82, 2.24) is 0 Å². The number of unbranched alkanes of at least 4 members (excludes halogenated alkanes) is 5. The van der Waals surface area contributed by atoms with Crippen LogP contribution in [0.5, 0.6) is 0 Å². The standard InChI is InChI=1S/C15H28O3/c1-2-3-4-5-6-7-8-11-17-14-10-9-12-18-15(14)13-16/h2,14-16H,1,3-13H2/t14-,15+/m0/s1. The van der Waals surface area contributed by atoms with Crippen LogP contribution >= 0.6 is 0 Å². The zero-order valence-electron chi connectivity index (χ0n) is 11.5. The van der Waals surface area contributed by atoms with Gasteiger partial charge in [-0.25, -0.2) is 0 Å². The molecular weight excluding hydrogens is 228 g/mol. The van der Waals surface area contributed by atoms with Crippen LogP contribution in [-0.2, 0) is 9.47 Å². The molecule has 0 unspecified atom stereocenters. The Bertz CT molecular complexity index is 206. The maximum Gasteiger partial charge on any atom is 0.107 e. The molecule has 0 aromatic rings. The first-order chi connectivity index (χ1) is 8.88. The van der Waals surface area contributed by atoms with Gasteiger partial charge in [-0.15, -0.1) is 6.58 Å². The maximum absolute atomic E-state index is 9.17. The van der Waals surface area contributed by atoms with Gasteiger partial charge in [-0.2, -0.15) is 0 Å². The predicted molar refractivity (Wildman–Crippen MR) is 73.7 cm³/mol. The third kappa shape index (κ3) is 6.53. The first-order valence-electron chi connectivity index (χ1n) is 7.33. The van der Waals surface area contributed by atoms with Crippen molar-refractivity contribution < 1.29 is 14.6 Å². The van der Waals surface area contributed by atoms with Crippen molar-refractivity contribution in [3.8, 4) is 0 Å². The summed E-state index contributed by atoms with van der Waals surface area (Å²) in [7, 11) is 0. The Labute approximate surface area is 111 Å². The van der Waals surface area contributed by atoms with Crippen LogP contribution in [0.25, 0.3) is 0 Å². The topological polar surface area (TPSA) is 38.7 Å². The second-order valence-corrected chi connectivity index (χ2v) is 4.99. The fourth-order valence-electron chi connectivity index (χ4n) is 2.33. The molecule has 0 amide bonds. The van der Waals surface area contributed by atoms with Crippen LogP contribution < -0.4 is 0 Å². The molecule has 106 valence electrons. The quantitative estimate of drug-likeness (QED) is 0.482. The lowest BCUT2D eigenvalue weighted by Crippen LogP contribution is -2.39. The Morgan fingerprint density at radius 1 is 1.22 bits per heavy atom. The minimum absolute atomic E-state index is 0.0756. The highest BCUT2D eigenvalue weighted by molar-refractivity contribution is 4.74. The number of hydrogen-bond donors (Lipinski definition) is 1. The summed E-state index contributed by atoms with van der Waals surface area (Å²) in [6, 6.07) is 0. The second-order valence-electron chi connectivity index (χ2n) is 4.99. The highest BCUT2D eigenvalue weighted by atomic mass is 16.5. The SMILES string of the molecule is C=CCCCCCCCO[C@H]1CCCO[C@@H]1CO. The van der Waals surface area contributed by atoms with E-state index in [0.717, 1.165) is 38.9 Å². The number of aliphatic hydroxyl groups excluding tert-OH is 1. The molecule has 0 aromatic carbocycles. The van der Waals surface area contributed by atoms with Crippen LogP contribution in [0, 0.1) is 0 Å². The molecule has 0 spiro atoms. The van der Waals surface area contributed by atoms with Gasteiger partial charge in [-0.05, 0) is 32.1 Å². The molecule has 1 fully saturated rings. The van der Waals surface area contributed by atoms with E-state index in [0.29, 0.717) is 0 Å². The molecule has 1 aliphatic rings. The summed E-state index contributed by atoms with van der Waals surface area (Å²) >= 11 is 0. The molecule has 0 aromatic heterocycles. The maximum atomic E-state index is 9.17. The molecule has 1 aliphatic heterocycles. The van der Waals surface area contributed by atoms with E-state index in [1.54, 1.807) is 0 Å². The summed E-state index contributed by atoms with van der Waals surface area (Å²) < 4.78 is 11.3. The molecule has 0 bridgehead atoms. The van der Waals surface area contributed by atoms with E-state index >= 15 is 0 Å². The Hall–Kier alpha value is -0.380. The molecule has 2 atom stereocenters. The summed E-state index contributed by atoms with van der Waals surface area (Å²) in [6.45, 7) is 5.35. The first kappa shape index (κ1) is 15.7. The number of hydrogen-bond acceptors (Lipinski definition) is 3. The van der Waals surface area contributed by atoms with Crippen molar-refractivity contribution in [1.29, 1.82) is 0 Å². The molecule has 1 heterocycles. The Kier molecular flexibility index (Phi) is 9.17. The lowest BCUT2D eigenvalue weighted by Gasteiger charge is -2.30. The summed E-state index contributed by atoms with van der Waals surface area (Å²) in [5, 5.41) is 9.17. The molecular formula is C15H28O3. The molecule has 0 aliphatic carbocycles. The summed E-state index contributed by atoms with van der Waals surface area (Å²) in [4.78, 5) is 0. The molecule has 1 N–H and O–H groups in total. The highest BCUT2D eigenvalue weighted by Crippen LogP contribution is 2.17. The van der Waals surface area contributed by atoms with Crippen LogP contribution in [-0.4, -0.2) is 37.1 Å². The summed E-state index contributed by atoms with van der Waals surface area (Å²) in [5.41, 5.74) is 0. The second kappa shape index (κ2) is 10.5. The van der Waals surface area contributed by atoms with E-state index in [4.69, 9.17) is 9.47 Å². The van der Waals surface area contributed by atoms with Crippen molar-refractivity contribution in [2.75, 3.05) is 19.8 Å². The van der Waals surface area contributed by atoms with Gasteiger partial charge in [0.15, 0.2) is 0 Å². The molecule has 3 nitrogen and oxygen atoms in total. The summed E-state index contributed by atoms with van der Waals surface area (Å²) in [6.07, 6.45) is 11.4. The molecule has 0 saturated carbocycles. The van der Waals surface area contributed by atoms with Gasteiger partial charge in [0.2, 0.25) is 0 Å². The fourth-order valence-corrected chi connectivity index (χ4v) is 2.33. The van der Waals surface area contributed by atoms with Crippen molar-refractivity contribution in [2.24, 2.45) is 0 Å². The van der Waals surface area contributed by atoms with Crippen LogP contribution in [0.2, 0.25) is 0 Å². The number of ether oxygens (including phenoxy) is 2. The molecule has 3 heteroatoms. The Morgan fingerprint density at radius 2 is 2.00 bits per heavy atom. The van der Waals surface area contributed by atoms with Gasteiger partial charge < -0.3 is 14.6 Å².